The summed E-state index contributed by atoms with van der Waals surface area (Å²) in [6.07, 6.45) is -6.13. The van der Waals surface area contributed by atoms with Crippen LogP contribution in [0.2, 0.25) is 5.02 Å². The molecule has 0 bridgehead atoms. The van der Waals surface area contributed by atoms with Crippen LogP contribution in [-0.2, 0) is 11.3 Å². The van der Waals surface area contributed by atoms with Crippen molar-refractivity contribution in [2.75, 3.05) is 32.9 Å². The Morgan fingerprint density at radius 2 is 1.83 bits per heavy atom. The Labute approximate surface area is 144 Å². The zero-order valence-corrected chi connectivity index (χ0v) is 14.4. The third-order valence-electron chi connectivity index (χ3n) is 3.62. The minimum atomic E-state index is -4.36. The third-order valence-corrected chi connectivity index (χ3v) is 3.97. The van der Waals surface area contributed by atoms with Crippen molar-refractivity contribution in [3.05, 3.63) is 22.7 Å². The van der Waals surface area contributed by atoms with Crippen molar-refractivity contribution in [2.45, 2.75) is 32.7 Å². The summed E-state index contributed by atoms with van der Waals surface area (Å²) in [5.41, 5.74) is 0.700. The summed E-state index contributed by atoms with van der Waals surface area (Å²) < 4.78 is 54.3. The minimum absolute atomic E-state index is 0.0388. The normalized spacial score (nSPS) is 19.3. The van der Waals surface area contributed by atoms with Crippen LogP contribution < -0.4 is 9.47 Å². The molecule has 4 nitrogen and oxygen atoms in total. The second kappa shape index (κ2) is 8.27. The van der Waals surface area contributed by atoms with Gasteiger partial charge in [-0.15, -0.1) is 0 Å². The minimum Gasteiger partial charge on any atom is -0.490 e. The quantitative estimate of drug-likeness (QED) is 0.763. The molecule has 0 aliphatic carbocycles. The SMILES string of the molecule is CCOc1cc(Cl)c(CN2CCO[C@@H](C(F)(F)F)C2)cc1OCC. The summed E-state index contributed by atoms with van der Waals surface area (Å²) >= 11 is 6.27. The predicted molar refractivity (Wildman–Crippen MR) is 84.9 cm³/mol. The molecule has 0 saturated carbocycles. The van der Waals surface area contributed by atoms with Gasteiger partial charge in [-0.05, 0) is 25.5 Å². The number of hydrogen-bond acceptors (Lipinski definition) is 4. The van der Waals surface area contributed by atoms with E-state index in [1.807, 2.05) is 13.8 Å². The number of ether oxygens (including phenoxy) is 3. The third kappa shape index (κ3) is 4.91. The highest BCUT2D eigenvalue weighted by Gasteiger charge is 2.43. The van der Waals surface area contributed by atoms with Crippen molar-refractivity contribution in [2.24, 2.45) is 0 Å². The standard InChI is InChI=1S/C16H21ClF3NO3/c1-3-22-13-7-11(12(17)8-14(13)23-4-2)9-21-5-6-24-15(10-21)16(18,19)20/h7-8,15H,3-6,9-10H2,1-2H3/t15-/m1/s1. The fourth-order valence-electron chi connectivity index (χ4n) is 2.52. The summed E-state index contributed by atoms with van der Waals surface area (Å²) in [5, 5.41) is 0.442. The predicted octanol–water partition coefficient (Wildman–Crippen LogP) is 3.90. The van der Waals surface area contributed by atoms with Crippen LogP contribution in [0.5, 0.6) is 11.5 Å². The van der Waals surface area contributed by atoms with Crippen LogP contribution in [0, 0.1) is 0 Å². The van der Waals surface area contributed by atoms with E-state index < -0.39 is 12.3 Å². The number of alkyl halides is 3. The van der Waals surface area contributed by atoms with E-state index in [0.717, 1.165) is 0 Å². The number of hydrogen-bond donors (Lipinski definition) is 0. The van der Waals surface area contributed by atoms with Crippen LogP contribution in [0.1, 0.15) is 19.4 Å². The molecule has 1 aromatic carbocycles. The molecule has 0 amide bonds. The van der Waals surface area contributed by atoms with E-state index in [2.05, 4.69) is 0 Å². The summed E-state index contributed by atoms with van der Waals surface area (Å²) in [7, 11) is 0. The molecule has 0 radical (unpaired) electrons. The monoisotopic (exact) mass is 367 g/mol. The van der Waals surface area contributed by atoms with Crippen LogP contribution in [0.4, 0.5) is 13.2 Å². The van der Waals surface area contributed by atoms with Crippen LogP contribution in [0.3, 0.4) is 0 Å². The Balaban J connectivity index is 2.15. The van der Waals surface area contributed by atoms with Crippen molar-refractivity contribution in [1.82, 2.24) is 4.90 Å². The molecule has 2 rings (SSSR count). The van der Waals surface area contributed by atoms with Gasteiger partial charge < -0.3 is 14.2 Å². The van der Waals surface area contributed by atoms with Crippen molar-refractivity contribution in [3.8, 4) is 11.5 Å². The van der Waals surface area contributed by atoms with Gasteiger partial charge in [-0.25, -0.2) is 0 Å². The molecule has 136 valence electrons. The molecule has 1 aliphatic heterocycles. The zero-order valence-electron chi connectivity index (χ0n) is 13.7. The highest BCUT2D eigenvalue weighted by Crippen LogP contribution is 2.35. The Morgan fingerprint density at radius 1 is 1.21 bits per heavy atom. The number of halogens is 4. The first-order valence-electron chi connectivity index (χ1n) is 7.83. The number of morpholine rings is 1. The largest absolute Gasteiger partial charge is 0.490 e. The highest BCUT2D eigenvalue weighted by molar-refractivity contribution is 6.31. The summed E-state index contributed by atoms with van der Waals surface area (Å²) in [6.45, 7) is 5.15. The lowest BCUT2D eigenvalue weighted by atomic mass is 10.1. The molecule has 1 saturated heterocycles. The van der Waals surface area contributed by atoms with Gasteiger partial charge in [-0.3, -0.25) is 4.90 Å². The van der Waals surface area contributed by atoms with Crippen molar-refractivity contribution < 1.29 is 27.4 Å². The molecule has 0 spiro atoms. The molecular formula is C16H21ClF3NO3. The van der Waals surface area contributed by atoms with Gasteiger partial charge in [-0.2, -0.15) is 13.2 Å². The van der Waals surface area contributed by atoms with E-state index in [-0.39, 0.29) is 13.2 Å². The average Bonchev–Trinajstić information content (AvgIpc) is 2.51. The Morgan fingerprint density at radius 3 is 2.42 bits per heavy atom. The summed E-state index contributed by atoms with van der Waals surface area (Å²) in [5.74, 6) is 1.07. The van der Waals surface area contributed by atoms with Crippen molar-refractivity contribution >= 4 is 11.6 Å². The maximum absolute atomic E-state index is 12.8. The summed E-state index contributed by atoms with van der Waals surface area (Å²) in [6, 6.07) is 3.38. The lowest BCUT2D eigenvalue weighted by molar-refractivity contribution is -0.237. The zero-order chi connectivity index (χ0) is 17.7. The fraction of sp³-hybridized carbons (Fsp3) is 0.625. The Kier molecular flexibility index (Phi) is 6.60. The Hall–Kier alpha value is -1.18. The van der Waals surface area contributed by atoms with Crippen LogP contribution in [0.25, 0.3) is 0 Å². The van der Waals surface area contributed by atoms with Gasteiger partial charge in [0.1, 0.15) is 0 Å². The lowest BCUT2D eigenvalue weighted by Gasteiger charge is -2.34. The molecule has 1 atom stereocenters. The van der Waals surface area contributed by atoms with E-state index >= 15 is 0 Å². The van der Waals surface area contributed by atoms with Gasteiger partial charge in [-0.1, -0.05) is 11.6 Å². The molecule has 0 aromatic heterocycles. The van der Waals surface area contributed by atoms with Gasteiger partial charge in [0.25, 0.3) is 0 Å². The topological polar surface area (TPSA) is 30.9 Å². The number of rotatable bonds is 6. The van der Waals surface area contributed by atoms with Gasteiger partial charge in [0, 0.05) is 30.7 Å². The fourth-order valence-corrected chi connectivity index (χ4v) is 2.73. The van der Waals surface area contributed by atoms with Gasteiger partial charge >= 0.3 is 6.18 Å². The van der Waals surface area contributed by atoms with E-state index in [1.54, 1.807) is 17.0 Å². The molecule has 0 N–H and O–H groups in total. The van der Waals surface area contributed by atoms with E-state index in [4.69, 9.17) is 25.8 Å². The van der Waals surface area contributed by atoms with Crippen molar-refractivity contribution in [1.29, 1.82) is 0 Å². The van der Waals surface area contributed by atoms with Crippen LogP contribution in [-0.4, -0.2) is 50.1 Å². The molecule has 1 aromatic rings. The lowest BCUT2D eigenvalue weighted by Crippen LogP contribution is -2.48. The second-order valence-electron chi connectivity index (χ2n) is 5.39. The maximum atomic E-state index is 12.8. The molecule has 1 heterocycles. The molecule has 8 heteroatoms. The van der Waals surface area contributed by atoms with E-state index in [1.165, 1.54) is 0 Å². The summed E-state index contributed by atoms with van der Waals surface area (Å²) in [4.78, 5) is 1.68. The molecule has 0 unspecified atom stereocenters. The van der Waals surface area contributed by atoms with E-state index in [9.17, 15) is 13.2 Å². The first-order valence-corrected chi connectivity index (χ1v) is 8.21. The van der Waals surface area contributed by atoms with Gasteiger partial charge in [0.05, 0.1) is 19.8 Å². The maximum Gasteiger partial charge on any atom is 0.415 e. The number of nitrogens with zero attached hydrogens (tertiary/aromatic N) is 1. The first kappa shape index (κ1) is 19.1. The highest BCUT2D eigenvalue weighted by atomic mass is 35.5. The van der Waals surface area contributed by atoms with Crippen LogP contribution >= 0.6 is 11.6 Å². The second-order valence-corrected chi connectivity index (χ2v) is 5.80. The van der Waals surface area contributed by atoms with Crippen LogP contribution in [0.15, 0.2) is 12.1 Å². The number of benzene rings is 1. The molecular weight excluding hydrogens is 347 g/mol. The molecule has 1 aliphatic rings. The Bertz CT molecular complexity index is 554. The smallest absolute Gasteiger partial charge is 0.415 e. The molecule has 24 heavy (non-hydrogen) atoms. The van der Waals surface area contributed by atoms with Gasteiger partial charge in [0.15, 0.2) is 17.6 Å². The average molecular weight is 368 g/mol. The van der Waals surface area contributed by atoms with Crippen molar-refractivity contribution in [3.63, 3.8) is 0 Å². The molecule has 1 fully saturated rings. The van der Waals surface area contributed by atoms with Gasteiger partial charge in [0.2, 0.25) is 0 Å². The van der Waals surface area contributed by atoms with E-state index in [0.29, 0.717) is 48.4 Å². The first-order chi connectivity index (χ1) is 11.3.